The fourth-order valence-electron chi connectivity index (χ4n) is 2.74. The predicted molar refractivity (Wildman–Crippen MR) is 109 cm³/mol. The summed E-state index contributed by atoms with van der Waals surface area (Å²) >= 11 is 0. The molecule has 8 nitrogen and oxygen atoms in total. The molecule has 0 spiro atoms. The van der Waals surface area contributed by atoms with Gasteiger partial charge in [0.15, 0.2) is 5.82 Å². The van der Waals surface area contributed by atoms with E-state index >= 15 is 0 Å². The minimum Gasteiger partial charge on any atom is -0.494 e. The molecule has 1 aromatic heterocycles. The number of halogens is 3. The molecule has 0 unspecified atom stereocenters. The van der Waals surface area contributed by atoms with Gasteiger partial charge in [-0.15, -0.1) is 0 Å². The number of hydrogen-bond donors (Lipinski definition) is 1. The maximum atomic E-state index is 13.5. The lowest BCUT2D eigenvalue weighted by molar-refractivity contribution is -0.384. The number of alkyl halides is 3. The number of hydrogen-bond acceptors (Lipinski definition) is 7. The van der Waals surface area contributed by atoms with E-state index in [1.54, 1.807) is 24.3 Å². The molecule has 0 bridgehead atoms. The summed E-state index contributed by atoms with van der Waals surface area (Å²) in [5.41, 5.74) is -0.353. The standard InChI is InChI=1S/C20H18F3N5O3/c1-3-31-16-10-4-13(5-11-16)25-19-24-12-17(20(21,22)23)18(26-19)27(2)14-6-8-15(9-7-14)28(29)30/h4-12H,3H2,1-2H3,(H,24,25,26). The number of non-ortho nitro benzene ring substituents is 1. The molecule has 0 atom stereocenters. The second-order valence-electron chi connectivity index (χ2n) is 6.34. The molecule has 0 radical (unpaired) electrons. The maximum Gasteiger partial charge on any atom is 0.421 e. The van der Waals surface area contributed by atoms with Crippen molar-refractivity contribution in [1.29, 1.82) is 0 Å². The lowest BCUT2D eigenvalue weighted by Crippen LogP contribution is -2.19. The van der Waals surface area contributed by atoms with Gasteiger partial charge in [-0.1, -0.05) is 0 Å². The van der Waals surface area contributed by atoms with Crippen LogP contribution in [0.5, 0.6) is 5.75 Å². The molecule has 0 fully saturated rings. The van der Waals surface area contributed by atoms with Crippen molar-refractivity contribution < 1.29 is 22.8 Å². The Morgan fingerprint density at radius 1 is 1.13 bits per heavy atom. The van der Waals surface area contributed by atoms with Crippen LogP contribution < -0.4 is 15.0 Å². The van der Waals surface area contributed by atoms with Crippen molar-refractivity contribution in [2.24, 2.45) is 0 Å². The number of nitro benzene ring substituents is 1. The van der Waals surface area contributed by atoms with E-state index in [2.05, 4.69) is 15.3 Å². The molecule has 0 aliphatic heterocycles. The van der Waals surface area contributed by atoms with Gasteiger partial charge in [0, 0.05) is 36.8 Å². The molecule has 1 N–H and O–H groups in total. The first kappa shape index (κ1) is 21.8. The molecule has 31 heavy (non-hydrogen) atoms. The summed E-state index contributed by atoms with van der Waals surface area (Å²) in [6, 6.07) is 11.9. The number of ether oxygens (including phenoxy) is 1. The smallest absolute Gasteiger partial charge is 0.421 e. The second kappa shape index (κ2) is 8.86. The molecule has 3 rings (SSSR count). The van der Waals surface area contributed by atoms with Crippen LogP contribution in [0.2, 0.25) is 0 Å². The Balaban J connectivity index is 1.94. The number of nitro groups is 1. The van der Waals surface area contributed by atoms with Crippen molar-refractivity contribution in [3.05, 3.63) is 70.4 Å². The van der Waals surface area contributed by atoms with Crippen LogP contribution in [0.3, 0.4) is 0 Å². The van der Waals surface area contributed by atoms with Gasteiger partial charge in [0.05, 0.1) is 11.5 Å². The Kier molecular flexibility index (Phi) is 6.23. The number of nitrogens with one attached hydrogen (secondary N) is 1. The Bertz CT molecular complexity index is 1060. The highest BCUT2D eigenvalue weighted by molar-refractivity contribution is 5.66. The normalized spacial score (nSPS) is 11.1. The van der Waals surface area contributed by atoms with Gasteiger partial charge in [0.25, 0.3) is 5.69 Å². The summed E-state index contributed by atoms with van der Waals surface area (Å²) in [7, 11) is 1.39. The van der Waals surface area contributed by atoms with Gasteiger partial charge in [-0.3, -0.25) is 10.1 Å². The van der Waals surface area contributed by atoms with Gasteiger partial charge in [0.1, 0.15) is 11.3 Å². The van der Waals surface area contributed by atoms with Crippen LogP contribution in [-0.2, 0) is 6.18 Å². The van der Waals surface area contributed by atoms with Crippen molar-refractivity contribution >= 4 is 28.8 Å². The third kappa shape index (κ3) is 5.18. The highest BCUT2D eigenvalue weighted by Gasteiger charge is 2.36. The van der Waals surface area contributed by atoms with Crippen LogP contribution in [0, 0.1) is 10.1 Å². The fraction of sp³-hybridized carbons (Fsp3) is 0.200. The Hall–Kier alpha value is -3.89. The summed E-state index contributed by atoms with van der Waals surface area (Å²) in [5.74, 6) is 0.214. The maximum absolute atomic E-state index is 13.5. The van der Waals surface area contributed by atoms with Crippen LogP contribution in [0.4, 0.5) is 42.0 Å². The average Bonchev–Trinajstić information content (AvgIpc) is 2.74. The van der Waals surface area contributed by atoms with Gasteiger partial charge < -0.3 is 15.0 Å². The zero-order valence-corrected chi connectivity index (χ0v) is 16.6. The number of benzene rings is 2. The van der Waals surface area contributed by atoms with E-state index in [4.69, 9.17) is 4.74 Å². The lowest BCUT2D eigenvalue weighted by atomic mass is 10.2. The van der Waals surface area contributed by atoms with Gasteiger partial charge >= 0.3 is 6.18 Å². The molecule has 162 valence electrons. The largest absolute Gasteiger partial charge is 0.494 e. The molecule has 0 aliphatic rings. The minimum atomic E-state index is -4.69. The van der Waals surface area contributed by atoms with Crippen LogP contribution in [-0.4, -0.2) is 28.5 Å². The molecule has 0 amide bonds. The zero-order chi connectivity index (χ0) is 22.6. The monoisotopic (exact) mass is 433 g/mol. The highest BCUT2D eigenvalue weighted by Crippen LogP contribution is 2.38. The van der Waals surface area contributed by atoms with Gasteiger partial charge in [-0.25, -0.2) is 4.98 Å². The average molecular weight is 433 g/mol. The van der Waals surface area contributed by atoms with Gasteiger partial charge in [-0.05, 0) is 43.3 Å². The quantitative estimate of drug-likeness (QED) is 0.398. The molecule has 0 saturated carbocycles. The van der Waals surface area contributed by atoms with E-state index in [0.717, 1.165) is 0 Å². The minimum absolute atomic E-state index is 0.0408. The van der Waals surface area contributed by atoms with Crippen molar-refractivity contribution in [2.75, 3.05) is 23.9 Å². The molecular weight excluding hydrogens is 415 g/mol. The van der Waals surface area contributed by atoms with E-state index < -0.39 is 22.5 Å². The van der Waals surface area contributed by atoms with E-state index in [1.165, 1.54) is 36.2 Å². The van der Waals surface area contributed by atoms with Crippen LogP contribution in [0.25, 0.3) is 0 Å². The van der Waals surface area contributed by atoms with E-state index in [-0.39, 0.29) is 11.6 Å². The molecule has 3 aromatic rings. The van der Waals surface area contributed by atoms with Crippen LogP contribution in [0.1, 0.15) is 12.5 Å². The van der Waals surface area contributed by atoms with Crippen LogP contribution in [0.15, 0.2) is 54.7 Å². The molecule has 1 heterocycles. The van der Waals surface area contributed by atoms with E-state index in [1.807, 2.05) is 6.92 Å². The third-order valence-corrected chi connectivity index (χ3v) is 4.26. The molecule has 0 saturated heterocycles. The molecule has 0 aliphatic carbocycles. The zero-order valence-electron chi connectivity index (χ0n) is 16.6. The predicted octanol–water partition coefficient (Wildman–Crippen LogP) is 5.31. The molecular formula is C20H18F3N5O3. The first-order chi connectivity index (χ1) is 14.7. The van der Waals surface area contributed by atoms with Crippen molar-refractivity contribution in [2.45, 2.75) is 13.1 Å². The Morgan fingerprint density at radius 3 is 2.32 bits per heavy atom. The summed E-state index contributed by atoms with van der Waals surface area (Å²) in [6.07, 6.45) is -4.00. The third-order valence-electron chi connectivity index (χ3n) is 4.26. The second-order valence-corrected chi connectivity index (χ2v) is 6.34. The first-order valence-corrected chi connectivity index (χ1v) is 9.11. The Morgan fingerprint density at radius 2 is 1.77 bits per heavy atom. The fourth-order valence-corrected chi connectivity index (χ4v) is 2.74. The SMILES string of the molecule is CCOc1ccc(Nc2ncc(C(F)(F)F)c(N(C)c3ccc([N+](=O)[O-])cc3)n2)cc1. The van der Waals surface area contributed by atoms with Crippen molar-refractivity contribution in [1.82, 2.24) is 9.97 Å². The van der Waals surface area contributed by atoms with Crippen molar-refractivity contribution in [3.8, 4) is 5.75 Å². The summed E-state index contributed by atoms with van der Waals surface area (Å²) in [6.45, 7) is 2.36. The summed E-state index contributed by atoms with van der Waals surface area (Å²) in [4.78, 5) is 19.3. The van der Waals surface area contributed by atoms with Gasteiger partial charge in [-0.2, -0.15) is 18.2 Å². The van der Waals surface area contributed by atoms with E-state index in [0.29, 0.717) is 29.9 Å². The number of nitrogens with zero attached hydrogens (tertiary/aromatic N) is 4. The summed E-state index contributed by atoms with van der Waals surface area (Å²) < 4.78 is 46.0. The molecule has 11 heteroatoms. The van der Waals surface area contributed by atoms with Crippen LogP contribution >= 0.6 is 0 Å². The number of anilines is 4. The van der Waals surface area contributed by atoms with Gasteiger partial charge in [0.2, 0.25) is 5.95 Å². The Labute approximate surface area is 175 Å². The first-order valence-electron chi connectivity index (χ1n) is 9.11. The summed E-state index contributed by atoms with van der Waals surface area (Å²) in [5, 5.41) is 13.7. The number of rotatable bonds is 7. The lowest BCUT2D eigenvalue weighted by Gasteiger charge is -2.22. The highest BCUT2D eigenvalue weighted by atomic mass is 19.4. The topological polar surface area (TPSA) is 93.4 Å². The number of aromatic nitrogens is 2. The molecule has 2 aromatic carbocycles. The van der Waals surface area contributed by atoms with Crippen molar-refractivity contribution in [3.63, 3.8) is 0 Å². The van der Waals surface area contributed by atoms with E-state index in [9.17, 15) is 23.3 Å².